The highest BCUT2D eigenvalue weighted by molar-refractivity contribution is 6.36. The number of piperidine rings is 1. The summed E-state index contributed by atoms with van der Waals surface area (Å²) < 4.78 is 41.0. The van der Waals surface area contributed by atoms with Gasteiger partial charge in [0.15, 0.2) is 0 Å². The highest BCUT2D eigenvalue weighted by Gasteiger charge is 2.41. The maximum atomic E-state index is 13.0. The molecule has 6 nitrogen and oxygen atoms in total. The van der Waals surface area contributed by atoms with Crippen LogP contribution in [0.5, 0.6) is 0 Å². The molecule has 3 aromatic rings. The standard InChI is InChI=1S/C22H19Cl2F3N6/c23-14-1-2-15(17(24)7-14)16-10-33-20(6-13(16)8-28)29-9-21(33)32-4-3-12-5-19(22(25,26)27)31-30-18(12)11-32/h1-2,6-7,9-10,12H,3-5,8,11,28H2. The van der Waals surface area contributed by atoms with Gasteiger partial charge in [-0.15, -0.1) is 0 Å². The van der Waals surface area contributed by atoms with Gasteiger partial charge in [0.2, 0.25) is 0 Å². The van der Waals surface area contributed by atoms with E-state index in [1.54, 1.807) is 18.3 Å². The van der Waals surface area contributed by atoms with Crippen molar-refractivity contribution in [2.24, 2.45) is 21.9 Å². The Morgan fingerprint density at radius 2 is 1.94 bits per heavy atom. The van der Waals surface area contributed by atoms with Crippen molar-refractivity contribution in [1.29, 1.82) is 0 Å². The summed E-state index contributed by atoms with van der Waals surface area (Å²) in [7, 11) is 0. The normalized spacial score (nSPS) is 18.8. The molecule has 172 valence electrons. The van der Waals surface area contributed by atoms with Crippen molar-refractivity contribution in [3.63, 3.8) is 0 Å². The van der Waals surface area contributed by atoms with Crippen LogP contribution >= 0.6 is 23.2 Å². The molecule has 0 radical (unpaired) electrons. The van der Waals surface area contributed by atoms with Gasteiger partial charge in [0.05, 0.1) is 18.5 Å². The number of pyridine rings is 1. The number of hydrogen-bond acceptors (Lipinski definition) is 5. The molecule has 1 atom stereocenters. The highest BCUT2D eigenvalue weighted by Crippen LogP contribution is 2.35. The van der Waals surface area contributed by atoms with Crippen molar-refractivity contribution in [2.75, 3.05) is 18.0 Å². The lowest BCUT2D eigenvalue weighted by molar-refractivity contribution is -0.0613. The summed E-state index contributed by atoms with van der Waals surface area (Å²) in [6.45, 7) is 1.27. The van der Waals surface area contributed by atoms with Crippen molar-refractivity contribution in [3.8, 4) is 11.1 Å². The van der Waals surface area contributed by atoms with Crippen LogP contribution in [0, 0.1) is 5.92 Å². The highest BCUT2D eigenvalue weighted by atomic mass is 35.5. The average Bonchev–Trinajstić information content (AvgIpc) is 3.19. The topological polar surface area (TPSA) is 71.3 Å². The number of anilines is 1. The molecule has 1 fully saturated rings. The van der Waals surface area contributed by atoms with E-state index in [-0.39, 0.29) is 12.3 Å². The van der Waals surface area contributed by atoms with E-state index in [0.29, 0.717) is 47.5 Å². The van der Waals surface area contributed by atoms with Gasteiger partial charge in [0.1, 0.15) is 17.2 Å². The molecule has 1 saturated heterocycles. The molecule has 0 saturated carbocycles. The SMILES string of the molecule is NCc1cc2ncc(N3CCC4CC(C(F)(F)F)=NN=C4C3)n2cc1-c1ccc(Cl)cc1Cl. The number of nitrogens with two attached hydrogens (primary N) is 1. The lowest BCUT2D eigenvalue weighted by Crippen LogP contribution is -2.44. The van der Waals surface area contributed by atoms with Crippen molar-refractivity contribution in [1.82, 2.24) is 9.38 Å². The van der Waals surface area contributed by atoms with Crippen LogP contribution in [-0.2, 0) is 6.54 Å². The molecule has 2 aliphatic rings. The fraction of sp³-hybridized carbons (Fsp3) is 0.318. The molecule has 5 rings (SSSR count). The minimum absolute atomic E-state index is 0.123. The first kappa shape index (κ1) is 22.2. The summed E-state index contributed by atoms with van der Waals surface area (Å²) >= 11 is 12.5. The Morgan fingerprint density at radius 3 is 2.67 bits per heavy atom. The Labute approximate surface area is 197 Å². The molecule has 2 aromatic heterocycles. The van der Waals surface area contributed by atoms with E-state index in [4.69, 9.17) is 28.9 Å². The Balaban J connectivity index is 1.52. The van der Waals surface area contributed by atoms with Gasteiger partial charge in [-0.3, -0.25) is 4.40 Å². The molecule has 0 aliphatic carbocycles. The monoisotopic (exact) mass is 494 g/mol. The lowest BCUT2D eigenvalue weighted by Gasteiger charge is -2.35. The lowest BCUT2D eigenvalue weighted by atomic mass is 9.88. The van der Waals surface area contributed by atoms with Gasteiger partial charge in [-0.2, -0.15) is 23.4 Å². The Bertz CT molecular complexity index is 1300. The molecule has 0 amide bonds. The number of benzene rings is 1. The van der Waals surface area contributed by atoms with E-state index in [1.165, 1.54) is 0 Å². The minimum atomic E-state index is -4.44. The Morgan fingerprint density at radius 1 is 1.12 bits per heavy atom. The molecule has 1 unspecified atom stereocenters. The number of nitrogens with zero attached hydrogens (tertiary/aromatic N) is 5. The second-order valence-electron chi connectivity index (χ2n) is 8.13. The zero-order chi connectivity index (χ0) is 23.3. The Kier molecular flexibility index (Phi) is 5.58. The Hall–Kier alpha value is -2.62. The maximum Gasteiger partial charge on any atom is 0.431 e. The van der Waals surface area contributed by atoms with Gasteiger partial charge in [-0.25, -0.2) is 4.98 Å². The van der Waals surface area contributed by atoms with Gasteiger partial charge >= 0.3 is 6.18 Å². The summed E-state index contributed by atoms with van der Waals surface area (Å²) in [5.41, 5.74) is 9.10. The number of fused-ring (bicyclic) bond motifs is 2. The van der Waals surface area contributed by atoms with Crippen LogP contribution in [0.3, 0.4) is 0 Å². The number of aromatic nitrogens is 2. The number of alkyl halides is 3. The molecule has 11 heteroatoms. The second-order valence-corrected chi connectivity index (χ2v) is 8.98. The van der Waals surface area contributed by atoms with Crippen LogP contribution in [0.1, 0.15) is 18.4 Å². The first-order valence-corrected chi connectivity index (χ1v) is 11.1. The van der Waals surface area contributed by atoms with Crippen LogP contribution < -0.4 is 10.6 Å². The molecular formula is C22H19Cl2F3N6. The summed E-state index contributed by atoms with van der Waals surface area (Å²) in [6.07, 6.45) is -0.325. The van der Waals surface area contributed by atoms with Crippen molar-refractivity contribution in [2.45, 2.75) is 25.6 Å². The maximum absolute atomic E-state index is 13.0. The van der Waals surface area contributed by atoms with Crippen molar-refractivity contribution < 1.29 is 13.2 Å². The van der Waals surface area contributed by atoms with E-state index < -0.39 is 11.9 Å². The molecule has 2 N–H and O–H groups in total. The average molecular weight is 495 g/mol. The molecule has 1 aromatic carbocycles. The minimum Gasteiger partial charge on any atom is -0.351 e. The zero-order valence-corrected chi connectivity index (χ0v) is 18.8. The number of halogens is 5. The van der Waals surface area contributed by atoms with Gasteiger partial charge < -0.3 is 10.6 Å². The molecular weight excluding hydrogens is 476 g/mol. The fourth-order valence-electron chi connectivity index (χ4n) is 4.39. The third-order valence-electron chi connectivity index (χ3n) is 6.12. The van der Waals surface area contributed by atoms with Gasteiger partial charge in [-0.1, -0.05) is 29.3 Å². The summed E-state index contributed by atoms with van der Waals surface area (Å²) in [6, 6.07) is 7.21. The molecule has 0 bridgehead atoms. The van der Waals surface area contributed by atoms with Gasteiger partial charge in [0.25, 0.3) is 0 Å². The third-order valence-corrected chi connectivity index (χ3v) is 6.66. The fourth-order valence-corrected chi connectivity index (χ4v) is 4.90. The smallest absolute Gasteiger partial charge is 0.351 e. The van der Waals surface area contributed by atoms with Crippen LogP contribution in [-0.4, -0.2) is 40.1 Å². The van der Waals surface area contributed by atoms with Crippen LogP contribution in [0.2, 0.25) is 10.0 Å². The van der Waals surface area contributed by atoms with Crippen molar-refractivity contribution >= 4 is 46.1 Å². The van der Waals surface area contributed by atoms with Crippen LogP contribution in [0.4, 0.5) is 19.0 Å². The van der Waals surface area contributed by atoms with E-state index in [9.17, 15) is 13.2 Å². The summed E-state index contributed by atoms with van der Waals surface area (Å²) in [4.78, 5) is 6.57. The second kappa shape index (κ2) is 8.30. The predicted octanol–water partition coefficient (Wildman–Crippen LogP) is 5.36. The van der Waals surface area contributed by atoms with Crippen LogP contribution in [0.25, 0.3) is 16.8 Å². The van der Waals surface area contributed by atoms with Gasteiger partial charge in [-0.05, 0) is 30.2 Å². The quantitative estimate of drug-likeness (QED) is 0.532. The van der Waals surface area contributed by atoms with E-state index in [1.807, 2.05) is 22.7 Å². The largest absolute Gasteiger partial charge is 0.431 e. The van der Waals surface area contributed by atoms with E-state index in [0.717, 1.165) is 22.5 Å². The summed E-state index contributed by atoms with van der Waals surface area (Å²) in [5, 5.41) is 8.41. The van der Waals surface area contributed by atoms with E-state index >= 15 is 0 Å². The van der Waals surface area contributed by atoms with Gasteiger partial charge in [0, 0.05) is 52.8 Å². The first-order chi connectivity index (χ1) is 15.7. The first-order valence-electron chi connectivity index (χ1n) is 10.4. The van der Waals surface area contributed by atoms with Crippen molar-refractivity contribution in [3.05, 3.63) is 52.3 Å². The summed E-state index contributed by atoms with van der Waals surface area (Å²) in [5.74, 6) is 0.563. The molecule has 4 heterocycles. The zero-order valence-electron chi connectivity index (χ0n) is 17.3. The molecule has 33 heavy (non-hydrogen) atoms. The molecule has 2 aliphatic heterocycles. The number of rotatable bonds is 3. The third kappa shape index (κ3) is 4.09. The number of imidazole rings is 1. The number of hydrogen-bond donors (Lipinski definition) is 1. The predicted molar refractivity (Wildman–Crippen MR) is 124 cm³/mol. The molecule has 0 spiro atoms. The van der Waals surface area contributed by atoms with E-state index in [2.05, 4.69) is 20.1 Å². The van der Waals surface area contributed by atoms with Crippen LogP contribution in [0.15, 0.2) is 46.9 Å².